The highest BCUT2D eigenvalue weighted by Gasteiger charge is 2.44. The summed E-state index contributed by atoms with van der Waals surface area (Å²) in [5.41, 5.74) is 0. The van der Waals surface area contributed by atoms with Gasteiger partial charge in [-0.2, -0.15) is 0 Å². The van der Waals surface area contributed by atoms with Gasteiger partial charge in [-0.3, -0.25) is 19.7 Å². The fraction of sp³-hybridized carbons (Fsp3) is 0.438. The topological polar surface area (TPSA) is 75.7 Å². The van der Waals surface area contributed by atoms with Crippen molar-refractivity contribution in [3.05, 3.63) is 30.1 Å². The number of ether oxygens (including phenoxy) is 1. The van der Waals surface area contributed by atoms with Gasteiger partial charge in [0.05, 0.1) is 19.4 Å². The molecule has 1 aliphatic heterocycles. The van der Waals surface area contributed by atoms with E-state index < -0.39 is 17.8 Å². The Labute approximate surface area is 132 Å². The quantitative estimate of drug-likeness (QED) is 0.794. The van der Waals surface area contributed by atoms with Crippen LogP contribution in [0.5, 0.6) is 5.75 Å². The van der Waals surface area contributed by atoms with Gasteiger partial charge in [-0.05, 0) is 25.0 Å². The van der Waals surface area contributed by atoms with E-state index in [4.69, 9.17) is 4.74 Å². The molecule has 0 radical (unpaired) electrons. The maximum Gasteiger partial charge on any atom is 0.249 e. The van der Waals surface area contributed by atoms with E-state index in [0.717, 1.165) is 12.8 Å². The average Bonchev–Trinajstić information content (AvgIpc) is 3.27. The average molecular weight is 320 g/mol. The predicted octanol–water partition coefficient (Wildman–Crippen LogP) is 1.00. The number of nitrogens with zero attached hydrogens (tertiary/aromatic N) is 1. The molecule has 1 aromatic carbocycles. The van der Waals surface area contributed by atoms with Crippen LogP contribution in [0.1, 0.15) is 25.7 Å². The second kappa shape index (κ2) is 6.36. The lowest BCUT2D eigenvalue weighted by molar-refractivity contribution is -0.140. The number of carbonyl (C=O) groups is 3. The Kier molecular flexibility index (Phi) is 4.27. The van der Waals surface area contributed by atoms with E-state index in [9.17, 15) is 18.8 Å². The molecule has 2 fully saturated rings. The van der Waals surface area contributed by atoms with Crippen molar-refractivity contribution in [3.63, 3.8) is 0 Å². The highest BCUT2D eigenvalue weighted by Crippen LogP contribution is 2.31. The van der Waals surface area contributed by atoms with E-state index in [-0.39, 0.29) is 43.1 Å². The van der Waals surface area contributed by atoms with Crippen LogP contribution in [-0.2, 0) is 14.4 Å². The summed E-state index contributed by atoms with van der Waals surface area (Å²) in [5, 5.41) is 2.22. The molecule has 0 bridgehead atoms. The first-order valence-electron chi connectivity index (χ1n) is 7.58. The first-order chi connectivity index (χ1) is 11.1. The van der Waals surface area contributed by atoms with Gasteiger partial charge in [0.15, 0.2) is 11.6 Å². The van der Waals surface area contributed by atoms with Crippen LogP contribution in [-0.4, -0.2) is 41.3 Å². The van der Waals surface area contributed by atoms with Gasteiger partial charge >= 0.3 is 0 Å². The van der Waals surface area contributed by atoms with Crippen LogP contribution in [0.3, 0.4) is 0 Å². The summed E-state index contributed by atoms with van der Waals surface area (Å²) < 4.78 is 18.7. The Hall–Kier alpha value is -2.44. The van der Waals surface area contributed by atoms with Crippen LogP contribution in [0.2, 0.25) is 0 Å². The zero-order valence-electron chi connectivity index (χ0n) is 12.5. The lowest BCUT2D eigenvalue weighted by Gasteiger charge is -2.26. The summed E-state index contributed by atoms with van der Waals surface area (Å²) >= 11 is 0. The SMILES string of the molecule is O=C1C[C@@H](N(C(=O)CCOc2ccccc2F)C2CC2)C(=O)N1. The standard InChI is InChI=1S/C16H17FN2O4/c17-11-3-1-2-4-13(11)23-8-7-15(21)19(10-5-6-10)12-9-14(20)18-16(12)22/h1-4,10,12H,5-9H2,(H,18,20,22)/t12-/m1/s1. The van der Waals surface area contributed by atoms with Crippen molar-refractivity contribution in [2.75, 3.05) is 6.61 Å². The summed E-state index contributed by atoms with van der Waals surface area (Å²) in [5.74, 6) is -1.43. The number of carbonyl (C=O) groups excluding carboxylic acids is 3. The van der Waals surface area contributed by atoms with Crippen LogP contribution < -0.4 is 10.1 Å². The fourth-order valence-corrected chi connectivity index (χ4v) is 2.69. The van der Waals surface area contributed by atoms with Crippen molar-refractivity contribution in [1.29, 1.82) is 0 Å². The molecule has 0 aromatic heterocycles. The van der Waals surface area contributed by atoms with Gasteiger partial charge in [0, 0.05) is 6.04 Å². The smallest absolute Gasteiger partial charge is 0.249 e. The summed E-state index contributed by atoms with van der Waals surface area (Å²) in [6.45, 7) is 0.0191. The molecule has 6 nitrogen and oxygen atoms in total. The van der Waals surface area contributed by atoms with Crippen LogP contribution in [0.4, 0.5) is 4.39 Å². The summed E-state index contributed by atoms with van der Waals surface area (Å²) in [4.78, 5) is 37.0. The molecule has 1 N–H and O–H groups in total. The van der Waals surface area contributed by atoms with Crippen LogP contribution in [0.25, 0.3) is 0 Å². The molecular weight excluding hydrogens is 303 g/mol. The Morgan fingerprint density at radius 3 is 2.65 bits per heavy atom. The Morgan fingerprint density at radius 1 is 1.30 bits per heavy atom. The van der Waals surface area contributed by atoms with E-state index in [1.54, 1.807) is 12.1 Å². The van der Waals surface area contributed by atoms with Gasteiger partial charge in [0.1, 0.15) is 6.04 Å². The molecule has 7 heteroatoms. The van der Waals surface area contributed by atoms with Crippen LogP contribution in [0, 0.1) is 5.82 Å². The maximum atomic E-state index is 13.4. The maximum absolute atomic E-state index is 13.4. The van der Waals surface area contributed by atoms with Crippen molar-refractivity contribution in [1.82, 2.24) is 10.2 Å². The molecule has 1 atom stereocenters. The summed E-state index contributed by atoms with van der Waals surface area (Å²) in [6.07, 6.45) is 1.70. The highest BCUT2D eigenvalue weighted by molar-refractivity contribution is 6.06. The first-order valence-corrected chi connectivity index (χ1v) is 7.58. The molecule has 1 aliphatic carbocycles. The predicted molar refractivity (Wildman–Crippen MR) is 77.9 cm³/mol. The summed E-state index contributed by atoms with van der Waals surface area (Å²) in [6, 6.07) is 5.25. The molecule has 0 spiro atoms. The number of amides is 3. The van der Waals surface area contributed by atoms with Crippen molar-refractivity contribution in [3.8, 4) is 5.75 Å². The number of nitrogens with one attached hydrogen (secondary N) is 1. The van der Waals surface area contributed by atoms with E-state index in [0.29, 0.717) is 0 Å². The minimum atomic E-state index is -0.726. The number of hydrogen-bond donors (Lipinski definition) is 1. The number of hydrogen-bond acceptors (Lipinski definition) is 4. The monoisotopic (exact) mass is 320 g/mol. The third kappa shape index (κ3) is 3.49. The fourth-order valence-electron chi connectivity index (χ4n) is 2.69. The third-order valence-electron chi connectivity index (χ3n) is 3.92. The summed E-state index contributed by atoms with van der Waals surface area (Å²) in [7, 11) is 0. The molecule has 2 aliphatic rings. The second-order valence-corrected chi connectivity index (χ2v) is 5.69. The second-order valence-electron chi connectivity index (χ2n) is 5.69. The third-order valence-corrected chi connectivity index (χ3v) is 3.92. The first kappa shape index (κ1) is 15.5. The lowest BCUT2D eigenvalue weighted by Crippen LogP contribution is -2.46. The normalized spacial score (nSPS) is 20.3. The molecule has 3 amide bonds. The minimum Gasteiger partial charge on any atom is -0.490 e. The van der Waals surface area contributed by atoms with Gasteiger partial charge in [0.2, 0.25) is 17.7 Å². The lowest BCUT2D eigenvalue weighted by atomic mass is 10.2. The van der Waals surface area contributed by atoms with Crippen LogP contribution in [0.15, 0.2) is 24.3 Å². The van der Waals surface area contributed by atoms with Crippen molar-refractivity contribution < 1.29 is 23.5 Å². The van der Waals surface area contributed by atoms with Crippen LogP contribution >= 0.6 is 0 Å². The van der Waals surface area contributed by atoms with Gasteiger partial charge in [-0.25, -0.2) is 4.39 Å². The van der Waals surface area contributed by atoms with E-state index >= 15 is 0 Å². The molecule has 0 unspecified atom stereocenters. The molecule has 1 saturated carbocycles. The largest absolute Gasteiger partial charge is 0.490 e. The number of para-hydroxylation sites is 1. The molecule has 1 saturated heterocycles. The van der Waals surface area contributed by atoms with E-state index in [1.165, 1.54) is 17.0 Å². The molecule has 1 aromatic rings. The van der Waals surface area contributed by atoms with Gasteiger partial charge in [-0.15, -0.1) is 0 Å². The van der Waals surface area contributed by atoms with E-state index in [1.807, 2.05) is 0 Å². The molecule has 3 rings (SSSR count). The zero-order valence-corrected chi connectivity index (χ0v) is 12.5. The Bertz CT molecular complexity index is 645. The minimum absolute atomic E-state index is 0.00917. The highest BCUT2D eigenvalue weighted by atomic mass is 19.1. The molecule has 122 valence electrons. The molecule has 23 heavy (non-hydrogen) atoms. The van der Waals surface area contributed by atoms with Crippen molar-refractivity contribution in [2.24, 2.45) is 0 Å². The van der Waals surface area contributed by atoms with Gasteiger partial charge in [-0.1, -0.05) is 12.1 Å². The number of rotatable bonds is 6. The zero-order chi connectivity index (χ0) is 16.4. The number of benzene rings is 1. The Morgan fingerprint density at radius 2 is 2.04 bits per heavy atom. The van der Waals surface area contributed by atoms with Crippen molar-refractivity contribution >= 4 is 17.7 Å². The Balaban J connectivity index is 1.58. The number of halogens is 1. The molecule has 1 heterocycles. The molecular formula is C16H17FN2O4. The van der Waals surface area contributed by atoms with Crippen molar-refractivity contribution in [2.45, 2.75) is 37.8 Å². The number of imide groups is 1. The van der Waals surface area contributed by atoms with Gasteiger partial charge in [0.25, 0.3) is 0 Å². The van der Waals surface area contributed by atoms with Gasteiger partial charge < -0.3 is 9.64 Å². The van der Waals surface area contributed by atoms with E-state index in [2.05, 4.69) is 5.32 Å².